The van der Waals surface area contributed by atoms with Crippen LogP contribution in [-0.2, 0) is 0 Å². The van der Waals surface area contributed by atoms with E-state index in [0.29, 0.717) is 36.4 Å². The summed E-state index contributed by atoms with van der Waals surface area (Å²) in [4.78, 5) is 41.9. The van der Waals surface area contributed by atoms with E-state index in [1.54, 1.807) is 12.4 Å². The molecule has 12 heteroatoms. The van der Waals surface area contributed by atoms with Crippen LogP contribution >= 0.6 is 0 Å². The number of aromatic amines is 1. The van der Waals surface area contributed by atoms with Crippen molar-refractivity contribution in [2.45, 2.75) is 57.5 Å². The van der Waals surface area contributed by atoms with E-state index in [2.05, 4.69) is 20.3 Å². The van der Waals surface area contributed by atoms with Crippen molar-refractivity contribution < 1.29 is 14.3 Å². The highest BCUT2D eigenvalue weighted by Crippen LogP contribution is 2.45. The number of carbonyl (C=O) groups excluding carboxylic acids is 2. The van der Waals surface area contributed by atoms with Gasteiger partial charge in [-0.2, -0.15) is 14.7 Å². The molecule has 1 aromatic carbocycles. The Morgan fingerprint density at radius 3 is 2.40 bits per heavy atom. The van der Waals surface area contributed by atoms with Gasteiger partial charge in [0.15, 0.2) is 11.4 Å². The molecule has 2 aliphatic heterocycles. The van der Waals surface area contributed by atoms with Crippen molar-refractivity contribution in [3.05, 3.63) is 72.2 Å². The van der Waals surface area contributed by atoms with E-state index in [-0.39, 0.29) is 41.3 Å². The molecule has 2 atom stereocenters. The highest BCUT2D eigenvalue weighted by atomic mass is 16.5. The molecule has 0 saturated carbocycles. The molecule has 3 N–H and O–H groups in total. The van der Waals surface area contributed by atoms with E-state index in [0.717, 1.165) is 41.0 Å². The molecule has 1 amide bonds. The maximum absolute atomic E-state index is 13.2. The number of amides is 1. The minimum Gasteiger partial charge on any atom is -0.494 e. The Morgan fingerprint density at radius 2 is 1.77 bits per heavy atom. The van der Waals surface area contributed by atoms with Crippen LogP contribution < -0.4 is 10.5 Å². The van der Waals surface area contributed by atoms with Crippen molar-refractivity contribution in [1.82, 2.24) is 39.7 Å². The summed E-state index contributed by atoms with van der Waals surface area (Å²) >= 11 is 0. The number of nitrogens with one attached hydrogen (secondary N) is 1. The Hall–Kier alpha value is -5.13. The SMILES string of the molecule is CCOc1ccc(-c2ccc(-c3cnn4c(N)c(C(C)=O)c(C5CC6CCC(C5)N6C(=O)c5ncn[nH]5)nc34)cn2)cc1. The molecule has 2 aliphatic rings. The van der Waals surface area contributed by atoms with E-state index < -0.39 is 0 Å². The van der Waals surface area contributed by atoms with Gasteiger partial charge < -0.3 is 15.4 Å². The Bertz CT molecular complexity index is 1800. The number of Topliss-reactive ketones (excluding diaryl/α,β-unsaturated/α-hetero) is 1. The molecule has 2 fully saturated rings. The number of nitrogens with two attached hydrogens (primary N) is 1. The number of nitrogen functional groups attached to an aromatic ring is 1. The molecular formula is C31H31N9O3. The fraction of sp³-hybridized carbons (Fsp3) is 0.323. The van der Waals surface area contributed by atoms with Crippen LogP contribution in [0.3, 0.4) is 0 Å². The van der Waals surface area contributed by atoms with Gasteiger partial charge in [-0.15, -0.1) is 0 Å². The highest BCUT2D eigenvalue weighted by Gasteiger charge is 2.45. The van der Waals surface area contributed by atoms with Crippen molar-refractivity contribution in [2.24, 2.45) is 0 Å². The highest BCUT2D eigenvalue weighted by molar-refractivity contribution is 6.00. The molecule has 4 aromatic heterocycles. The van der Waals surface area contributed by atoms with Crippen LogP contribution in [0.25, 0.3) is 28.0 Å². The van der Waals surface area contributed by atoms with E-state index in [9.17, 15) is 9.59 Å². The Balaban J connectivity index is 1.22. The van der Waals surface area contributed by atoms with Crippen molar-refractivity contribution in [3.63, 3.8) is 0 Å². The largest absolute Gasteiger partial charge is 0.494 e. The summed E-state index contributed by atoms with van der Waals surface area (Å²) < 4.78 is 7.08. The number of fused-ring (bicyclic) bond motifs is 3. The standard InChI is InChI=1S/C31H31N9O3/c1-3-43-23-9-4-18(5-10-23)25-11-6-19(14-33-25)24-15-36-40-28(32)26(17(2)41)27(37-30(24)40)20-12-21-7-8-22(13-20)39(21)31(42)29-34-16-35-38-29/h4-6,9-11,14-16,20-22H,3,7-8,12-13,32H2,1-2H3,(H,34,35,38). The van der Waals surface area contributed by atoms with E-state index in [1.165, 1.54) is 17.8 Å². The third kappa shape index (κ3) is 4.59. The smallest absolute Gasteiger partial charge is 0.291 e. The lowest BCUT2D eigenvalue weighted by Gasteiger charge is -2.38. The van der Waals surface area contributed by atoms with E-state index >= 15 is 0 Å². The number of hydrogen-bond donors (Lipinski definition) is 2. The summed E-state index contributed by atoms with van der Waals surface area (Å²) in [6.45, 7) is 4.08. The number of hydrogen-bond acceptors (Lipinski definition) is 9. The third-order valence-corrected chi connectivity index (χ3v) is 8.57. The van der Waals surface area contributed by atoms with Crippen LogP contribution in [0.2, 0.25) is 0 Å². The van der Waals surface area contributed by atoms with Crippen molar-refractivity contribution in [1.29, 1.82) is 0 Å². The molecule has 2 saturated heterocycles. The molecule has 7 rings (SSSR count). The monoisotopic (exact) mass is 577 g/mol. The molecular weight excluding hydrogens is 546 g/mol. The van der Waals surface area contributed by atoms with Crippen LogP contribution in [0.4, 0.5) is 5.82 Å². The Labute approximate surface area is 247 Å². The first-order valence-electron chi connectivity index (χ1n) is 14.5. The van der Waals surface area contributed by atoms with Crippen LogP contribution in [0.5, 0.6) is 5.75 Å². The first-order chi connectivity index (χ1) is 20.9. The zero-order valence-electron chi connectivity index (χ0n) is 23.9. The number of piperidine rings is 1. The van der Waals surface area contributed by atoms with Crippen LogP contribution in [0.1, 0.15) is 72.1 Å². The number of anilines is 1. The molecule has 2 unspecified atom stereocenters. The summed E-state index contributed by atoms with van der Waals surface area (Å²) in [5, 5.41) is 11.0. The number of pyridine rings is 1. The van der Waals surface area contributed by atoms with Crippen LogP contribution in [-0.4, -0.2) is 70.0 Å². The average Bonchev–Trinajstić information content (AvgIpc) is 3.76. The number of benzene rings is 1. The number of ether oxygens (including phenoxy) is 1. The van der Waals surface area contributed by atoms with E-state index in [4.69, 9.17) is 20.4 Å². The maximum atomic E-state index is 13.2. The second-order valence-electron chi connectivity index (χ2n) is 11.1. The molecule has 12 nitrogen and oxygen atoms in total. The number of H-pyrrole nitrogens is 1. The predicted molar refractivity (Wildman–Crippen MR) is 159 cm³/mol. The maximum Gasteiger partial charge on any atom is 0.291 e. The Kier molecular flexibility index (Phi) is 6.60. The first-order valence-corrected chi connectivity index (χ1v) is 14.5. The summed E-state index contributed by atoms with van der Waals surface area (Å²) in [5.41, 5.74) is 11.7. The Morgan fingerprint density at radius 1 is 1.02 bits per heavy atom. The van der Waals surface area contributed by atoms with Gasteiger partial charge in [0.05, 0.1) is 29.8 Å². The molecule has 2 bridgehead atoms. The number of aromatic nitrogens is 7. The number of nitrogens with zero attached hydrogens (tertiary/aromatic N) is 7. The van der Waals surface area contributed by atoms with Gasteiger partial charge in [-0.25, -0.2) is 9.97 Å². The minimum absolute atomic E-state index is 0.0177. The molecule has 5 aromatic rings. The topological polar surface area (TPSA) is 157 Å². The second kappa shape index (κ2) is 10.6. The van der Waals surface area contributed by atoms with Crippen molar-refractivity contribution >= 4 is 23.2 Å². The number of carbonyl (C=O) groups is 2. The molecule has 218 valence electrons. The molecule has 0 aliphatic carbocycles. The lowest BCUT2D eigenvalue weighted by atomic mass is 9.85. The lowest BCUT2D eigenvalue weighted by Crippen LogP contribution is -2.46. The first kappa shape index (κ1) is 26.7. The second-order valence-corrected chi connectivity index (χ2v) is 11.1. The molecule has 6 heterocycles. The molecule has 0 radical (unpaired) electrons. The van der Waals surface area contributed by atoms with Gasteiger partial charge in [-0.1, -0.05) is 6.07 Å². The zero-order chi connectivity index (χ0) is 29.7. The number of ketones is 1. The van der Waals surface area contributed by atoms with Crippen LogP contribution in [0, 0.1) is 0 Å². The normalized spacial score (nSPS) is 19.6. The lowest BCUT2D eigenvalue weighted by molar-refractivity contribution is 0.0556. The van der Waals surface area contributed by atoms with Crippen LogP contribution in [0.15, 0.2) is 55.1 Å². The van der Waals surface area contributed by atoms with Crippen molar-refractivity contribution in [3.8, 4) is 28.1 Å². The summed E-state index contributed by atoms with van der Waals surface area (Å²) in [6, 6.07) is 11.8. The zero-order valence-corrected chi connectivity index (χ0v) is 23.9. The fourth-order valence-electron chi connectivity index (χ4n) is 6.67. The van der Waals surface area contributed by atoms with Gasteiger partial charge in [0.2, 0.25) is 5.82 Å². The minimum atomic E-state index is -0.159. The quantitative estimate of drug-likeness (QED) is 0.269. The van der Waals surface area contributed by atoms with Gasteiger partial charge >= 0.3 is 0 Å². The predicted octanol–water partition coefficient (Wildman–Crippen LogP) is 4.31. The van der Waals surface area contributed by atoms with Gasteiger partial charge in [-0.3, -0.25) is 19.7 Å². The fourth-order valence-corrected chi connectivity index (χ4v) is 6.67. The van der Waals surface area contributed by atoms with Gasteiger partial charge in [0.1, 0.15) is 17.9 Å². The summed E-state index contributed by atoms with van der Waals surface area (Å²) in [7, 11) is 0. The van der Waals surface area contributed by atoms with Gasteiger partial charge in [0, 0.05) is 40.9 Å². The van der Waals surface area contributed by atoms with Gasteiger partial charge in [-0.05, 0) is 69.9 Å². The average molecular weight is 578 g/mol. The third-order valence-electron chi connectivity index (χ3n) is 8.57. The van der Waals surface area contributed by atoms with Gasteiger partial charge in [0.25, 0.3) is 5.91 Å². The summed E-state index contributed by atoms with van der Waals surface area (Å²) in [5.74, 6) is 0.995. The number of rotatable bonds is 7. The summed E-state index contributed by atoms with van der Waals surface area (Å²) in [6.07, 6.45) is 7.99. The molecule has 0 spiro atoms. The van der Waals surface area contributed by atoms with E-state index in [1.807, 2.05) is 48.2 Å². The molecule has 43 heavy (non-hydrogen) atoms. The van der Waals surface area contributed by atoms with Crippen molar-refractivity contribution in [2.75, 3.05) is 12.3 Å².